The van der Waals surface area contributed by atoms with E-state index in [4.69, 9.17) is 5.11 Å². The van der Waals surface area contributed by atoms with Gasteiger partial charge >= 0.3 is 0 Å². The highest BCUT2D eigenvalue weighted by Gasteiger charge is 2.05. The molecule has 0 bridgehead atoms. The lowest BCUT2D eigenvalue weighted by molar-refractivity contribution is 0.350. The van der Waals surface area contributed by atoms with Crippen molar-refractivity contribution in [2.75, 3.05) is 6.61 Å². The van der Waals surface area contributed by atoms with E-state index in [1.54, 1.807) is 0 Å². The minimum absolute atomic E-state index is 0.0551. The van der Waals surface area contributed by atoms with Gasteiger partial charge in [0.25, 0.3) is 0 Å². The molecule has 0 atom stereocenters. The summed E-state index contributed by atoms with van der Waals surface area (Å²) in [5.41, 5.74) is -0.0604. The largest absolute Gasteiger partial charge is 0.384 e. The van der Waals surface area contributed by atoms with Crippen molar-refractivity contribution in [3.8, 4) is 11.8 Å². The summed E-state index contributed by atoms with van der Waals surface area (Å²) >= 11 is 2.84. The predicted molar refractivity (Wildman–Crippen MR) is 48.0 cm³/mol. The second-order valence-electron chi connectivity index (χ2n) is 2.21. The maximum absolute atomic E-state index is 13.0. The molecule has 1 rings (SSSR count). The maximum atomic E-state index is 13.0. The number of benzene rings is 1. The van der Waals surface area contributed by atoms with E-state index in [0.717, 1.165) is 12.1 Å². The lowest BCUT2D eigenvalue weighted by Gasteiger charge is -1.97. The first-order chi connectivity index (χ1) is 6.15. The van der Waals surface area contributed by atoms with Gasteiger partial charge in [-0.1, -0.05) is 11.8 Å². The molecular formula is C9H5BrF2O. The van der Waals surface area contributed by atoms with Crippen molar-refractivity contribution < 1.29 is 13.9 Å². The molecule has 0 saturated heterocycles. The Balaban J connectivity index is 3.16. The Morgan fingerprint density at radius 1 is 1.31 bits per heavy atom. The monoisotopic (exact) mass is 246 g/mol. The topological polar surface area (TPSA) is 20.2 Å². The molecule has 0 fully saturated rings. The molecule has 0 saturated carbocycles. The molecule has 0 radical (unpaired) electrons. The molecule has 0 aromatic heterocycles. The molecule has 0 aliphatic carbocycles. The van der Waals surface area contributed by atoms with E-state index in [1.165, 1.54) is 0 Å². The van der Waals surface area contributed by atoms with Crippen molar-refractivity contribution in [2.45, 2.75) is 0 Å². The fourth-order valence-electron chi connectivity index (χ4n) is 0.753. The van der Waals surface area contributed by atoms with Crippen molar-refractivity contribution in [2.24, 2.45) is 0 Å². The lowest BCUT2D eigenvalue weighted by atomic mass is 10.2. The van der Waals surface area contributed by atoms with E-state index in [0.29, 0.717) is 0 Å². The first-order valence-corrected chi connectivity index (χ1v) is 4.18. The zero-order valence-corrected chi connectivity index (χ0v) is 8.03. The molecule has 68 valence electrons. The van der Waals surface area contributed by atoms with Crippen LogP contribution in [0.2, 0.25) is 0 Å². The molecule has 1 N–H and O–H groups in total. The molecule has 0 spiro atoms. The van der Waals surface area contributed by atoms with Crippen molar-refractivity contribution in [1.29, 1.82) is 0 Å². The number of halogens is 3. The van der Waals surface area contributed by atoms with Crippen molar-refractivity contribution in [3.05, 3.63) is 33.8 Å². The summed E-state index contributed by atoms with van der Waals surface area (Å²) in [7, 11) is 0. The van der Waals surface area contributed by atoms with Crippen LogP contribution >= 0.6 is 15.9 Å². The molecule has 4 heteroatoms. The average Bonchev–Trinajstić information content (AvgIpc) is 2.09. The molecule has 0 aliphatic heterocycles. The van der Waals surface area contributed by atoms with Gasteiger partial charge in [-0.05, 0) is 28.1 Å². The van der Waals surface area contributed by atoms with Crippen LogP contribution in [0.15, 0.2) is 16.6 Å². The second-order valence-corrected chi connectivity index (χ2v) is 3.06. The molecule has 0 aliphatic rings. The zero-order valence-electron chi connectivity index (χ0n) is 6.44. The van der Waals surface area contributed by atoms with Gasteiger partial charge in [-0.2, -0.15) is 0 Å². The molecule has 1 aromatic carbocycles. The highest BCUT2D eigenvalue weighted by molar-refractivity contribution is 9.10. The molecule has 1 nitrogen and oxygen atoms in total. The fraction of sp³-hybridized carbons (Fsp3) is 0.111. The van der Waals surface area contributed by atoms with Crippen molar-refractivity contribution >= 4 is 15.9 Å². The van der Waals surface area contributed by atoms with Gasteiger partial charge in [0.15, 0.2) is 0 Å². The quantitative estimate of drug-likeness (QED) is 0.549. The smallest absolute Gasteiger partial charge is 0.140 e. The van der Waals surface area contributed by atoms with Crippen molar-refractivity contribution in [3.63, 3.8) is 0 Å². The third-order valence-corrected chi connectivity index (χ3v) is 1.92. The lowest BCUT2D eigenvalue weighted by Crippen LogP contribution is -1.88. The highest BCUT2D eigenvalue weighted by Crippen LogP contribution is 2.19. The van der Waals surface area contributed by atoms with Crippen LogP contribution in [0.3, 0.4) is 0 Å². The molecule has 0 unspecified atom stereocenters. The van der Waals surface area contributed by atoms with Gasteiger partial charge in [0.1, 0.15) is 18.2 Å². The Hall–Kier alpha value is -0.920. The standard InChI is InChI=1S/C9H5BrF2O/c10-7-5-8(11)6(2-1-3-13)4-9(7)12/h4-5,13H,3H2. The van der Waals surface area contributed by atoms with Gasteiger partial charge in [0.2, 0.25) is 0 Å². The van der Waals surface area contributed by atoms with E-state index in [9.17, 15) is 8.78 Å². The van der Waals surface area contributed by atoms with Gasteiger partial charge in [-0.25, -0.2) is 8.78 Å². The van der Waals surface area contributed by atoms with Crippen LogP contribution in [0.5, 0.6) is 0 Å². The van der Waals surface area contributed by atoms with E-state index in [-0.39, 0.29) is 16.6 Å². The summed E-state index contributed by atoms with van der Waals surface area (Å²) in [6.07, 6.45) is 0. The number of hydrogen-bond acceptors (Lipinski definition) is 1. The Morgan fingerprint density at radius 2 is 2.00 bits per heavy atom. The SMILES string of the molecule is OCC#Cc1cc(F)c(Br)cc1F. The van der Waals surface area contributed by atoms with E-state index >= 15 is 0 Å². The Labute approximate surface area is 82.5 Å². The van der Waals surface area contributed by atoms with Crippen molar-refractivity contribution in [1.82, 2.24) is 0 Å². The fourth-order valence-corrected chi connectivity index (χ4v) is 1.07. The van der Waals surface area contributed by atoms with E-state index in [1.807, 2.05) is 0 Å². The van der Waals surface area contributed by atoms with Gasteiger partial charge in [-0.15, -0.1) is 0 Å². The number of hydrogen-bond donors (Lipinski definition) is 1. The minimum atomic E-state index is -0.616. The molecule has 0 heterocycles. The summed E-state index contributed by atoms with van der Waals surface area (Å²) in [4.78, 5) is 0. The molecule has 0 amide bonds. The van der Waals surface area contributed by atoms with Crippen LogP contribution in [0.1, 0.15) is 5.56 Å². The minimum Gasteiger partial charge on any atom is -0.384 e. The first-order valence-electron chi connectivity index (χ1n) is 3.39. The number of rotatable bonds is 0. The van der Waals surface area contributed by atoms with Crippen LogP contribution in [0.4, 0.5) is 8.78 Å². The summed E-state index contributed by atoms with van der Waals surface area (Å²) in [5.74, 6) is 3.33. The summed E-state index contributed by atoms with van der Waals surface area (Å²) < 4.78 is 25.9. The number of aliphatic hydroxyl groups is 1. The zero-order chi connectivity index (χ0) is 9.84. The highest BCUT2D eigenvalue weighted by atomic mass is 79.9. The normalized spacial score (nSPS) is 9.23. The maximum Gasteiger partial charge on any atom is 0.140 e. The van der Waals surface area contributed by atoms with Gasteiger partial charge in [-0.3, -0.25) is 0 Å². The molecule has 13 heavy (non-hydrogen) atoms. The van der Waals surface area contributed by atoms with Crippen LogP contribution in [-0.2, 0) is 0 Å². The summed E-state index contributed by atoms with van der Waals surface area (Å²) in [6, 6.07) is 1.97. The van der Waals surface area contributed by atoms with Gasteiger partial charge in [0, 0.05) is 0 Å². The summed E-state index contributed by atoms with van der Waals surface area (Å²) in [6.45, 7) is -0.378. The molecular weight excluding hydrogens is 242 g/mol. The van der Waals surface area contributed by atoms with E-state index in [2.05, 4.69) is 27.8 Å². The Morgan fingerprint density at radius 3 is 2.62 bits per heavy atom. The van der Waals surface area contributed by atoms with Gasteiger partial charge < -0.3 is 5.11 Å². The molecule has 1 aromatic rings. The third-order valence-electron chi connectivity index (χ3n) is 1.31. The van der Waals surface area contributed by atoms with Gasteiger partial charge in [0.05, 0.1) is 10.0 Å². The number of aliphatic hydroxyl groups excluding tert-OH is 1. The van der Waals surface area contributed by atoms with Crippen LogP contribution in [-0.4, -0.2) is 11.7 Å². The Bertz CT molecular complexity index is 379. The van der Waals surface area contributed by atoms with Crippen LogP contribution in [0.25, 0.3) is 0 Å². The first kappa shape index (κ1) is 10.2. The second kappa shape index (κ2) is 4.35. The average molecular weight is 247 g/mol. The summed E-state index contributed by atoms with van der Waals surface area (Å²) in [5, 5.41) is 8.34. The predicted octanol–water partition coefficient (Wildman–Crippen LogP) is 2.07. The third kappa shape index (κ3) is 2.51. The van der Waals surface area contributed by atoms with Crippen LogP contribution < -0.4 is 0 Å². The van der Waals surface area contributed by atoms with Crippen LogP contribution in [0, 0.1) is 23.5 Å². The Kier molecular flexibility index (Phi) is 3.40. The van der Waals surface area contributed by atoms with E-state index < -0.39 is 11.6 Å².